The van der Waals surface area contributed by atoms with Gasteiger partial charge < -0.3 is 10.6 Å². The lowest BCUT2D eigenvalue weighted by Crippen LogP contribution is -2.08. The van der Waals surface area contributed by atoms with Crippen LogP contribution in [0.4, 0.5) is 11.8 Å². The third-order valence-electron chi connectivity index (χ3n) is 3.17. The van der Waals surface area contributed by atoms with Crippen LogP contribution in [0.15, 0.2) is 66.9 Å². The summed E-state index contributed by atoms with van der Waals surface area (Å²) >= 11 is 0. The summed E-state index contributed by atoms with van der Waals surface area (Å²) in [5, 5.41) is 14.4. The molecule has 1 heterocycles. The van der Waals surface area contributed by atoms with E-state index >= 15 is 0 Å². The molecule has 0 saturated carbocycles. The maximum Gasteiger partial charge on any atom is 0.244 e. The fourth-order valence-electron chi connectivity index (χ4n) is 2.03. The Labute approximate surface area is 129 Å². The topological polar surface area (TPSA) is 62.7 Å². The first-order valence-electron chi connectivity index (χ1n) is 7.15. The van der Waals surface area contributed by atoms with Crippen molar-refractivity contribution >= 4 is 11.8 Å². The molecule has 110 valence electrons. The normalized spacial score (nSPS) is 10.2. The zero-order valence-corrected chi connectivity index (χ0v) is 12.1. The molecule has 0 radical (unpaired) electrons. The van der Waals surface area contributed by atoms with Gasteiger partial charge >= 0.3 is 0 Å². The van der Waals surface area contributed by atoms with E-state index in [0.29, 0.717) is 24.9 Å². The van der Waals surface area contributed by atoms with E-state index in [1.807, 2.05) is 36.4 Å². The van der Waals surface area contributed by atoms with Crippen LogP contribution < -0.4 is 10.6 Å². The summed E-state index contributed by atoms with van der Waals surface area (Å²) in [6, 6.07) is 20.3. The number of hydrogen-bond acceptors (Lipinski definition) is 5. The third-order valence-corrected chi connectivity index (χ3v) is 3.17. The second kappa shape index (κ2) is 7.17. The van der Waals surface area contributed by atoms with Crippen LogP contribution in [-0.2, 0) is 13.1 Å². The molecule has 0 aliphatic rings. The second-order valence-corrected chi connectivity index (χ2v) is 4.84. The average Bonchev–Trinajstić information content (AvgIpc) is 2.60. The molecule has 0 aliphatic heterocycles. The molecule has 0 fully saturated rings. The van der Waals surface area contributed by atoms with Gasteiger partial charge in [0.1, 0.15) is 0 Å². The van der Waals surface area contributed by atoms with E-state index in [0.717, 1.165) is 0 Å². The van der Waals surface area contributed by atoms with Crippen LogP contribution in [-0.4, -0.2) is 15.2 Å². The molecule has 3 aromatic rings. The highest BCUT2D eigenvalue weighted by Crippen LogP contribution is 2.08. The SMILES string of the molecule is c1ccc(CNc2cnnc(NCc3ccccc3)n2)cc1. The molecule has 22 heavy (non-hydrogen) atoms. The number of nitrogens with zero attached hydrogens (tertiary/aromatic N) is 3. The van der Waals surface area contributed by atoms with Crippen molar-refractivity contribution in [1.82, 2.24) is 15.2 Å². The van der Waals surface area contributed by atoms with E-state index in [-0.39, 0.29) is 0 Å². The molecule has 0 aliphatic carbocycles. The Balaban J connectivity index is 1.58. The monoisotopic (exact) mass is 291 g/mol. The van der Waals surface area contributed by atoms with E-state index in [9.17, 15) is 0 Å². The van der Waals surface area contributed by atoms with Crippen LogP contribution in [0.3, 0.4) is 0 Å². The van der Waals surface area contributed by atoms with Crippen molar-refractivity contribution < 1.29 is 0 Å². The molecule has 1 aromatic heterocycles. The van der Waals surface area contributed by atoms with Gasteiger partial charge in [0.25, 0.3) is 0 Å². The predicted octanol–water partition coefficient (Wildman–Crippen LogP) is 3.10. The summed E-state index contributed by atoms with van der Waals surface area (Å²) < 4.78 is 0. The van der Waals surface area contributed by atoms with Gasteiger partial charge in [-0.25, -0.2) is 0 Å². The van der Waals surface area contributed by atoms with E-state index in [1.54, 1.807) is 6.20 Å². The summed E-state index contributed by atoms with van der Waals surface area (Å²) in [5.41, 5.74) is 2.37. The number of hydrogen-bond donors (Lipinski definition) is 2. The van der Waals surface area contributed by atoms with Gasteiger partial charge in [-0.3, -0.25) is 0 Å². The van der Waals surface area contributed by atoms with Crippen molar-refractivity contribution in [3.05, 3.63) is 78.0 Å². The van der Waals surface area contributed by atoms with Gasteiger partial charge in [0.15, 0.2) is 5.82 Å². The van der Waals surface area contributed by atoms with Crippen molar-refractivity contribution in [3.63, 3.8) is 0 Å². The first-order chi connectivity index (χ1) is 10.9. The van der Waals surface area contributed by atoms with Crippen molar-refractivity contribution in [3.8, 4) is 0 Å². The van der Waals surface area contributed by atoms with Gasteiger partial charge in [-0.2, -0.15) is 10.1 Å². The summed E-state index contributed by atoms with van der Waals surface area (Å²) in [6.45, 7) is 1.38. The number of nitrogens with one attached hydrogen (secondary N) is 2. The van der Waals surface area contributed by atoms with Gasteiger partial charge in [0.05, 0.1) is 6.20 Å². The summed E-state index contributed by atoms with van der Waals surface area (Å²) in [6.07, 6.45) is 1.62. The van der Waals surface area contributed by atoms with Crippen molar-refractivity contribution in [1.29, 1.82) is 0 Å². The second-order valence-electron chi connectivity index (χ2n) is 4.84. The maximum absolute atomic E-state index is 4.41. The number of benzene rings is 2. The fraction of sp³-hybridized carbons (Fsp3) is 0.118. The van der Waals surface area contributed by atoms with E-state index in [2.05, 4.69) is 50.1 Å². The van der Waals surface area contributed by atoms with Crippen LogP contribution >= 0.6 is 0 Å². The summed E-state index contributed by atoms with van der Waals surface area (Å²) in [5.74, 6) is 1.22. The Hall–Kier alpha value is -2.95. The lowest BCUT2D eigenvalue weighted by molar-refractivity contribution is 0.937. The lowest BCUT2D eigenvalue weighted by Gasteiger charge is -2.07. The minimum atomic E-state index is 0.516. The first kappa shape index (κ1) is 14.0. The summed E-state index contributed by atoms with van der Waals surface area (Å²) in [4.78, 5) is 4.41. The summed E-state index contributed by atoms with van der Waals surface area (Å²) in [7, 11) is 0. The molecule has 2 N–H and O–H groups in total. The van der Waals surface area contributed by atoms with E-state index < -0.39 is 0 Å². The first-order valence-corrected chi connectivity index (χ1v) is 7.15. The van der Waals surface area contributed by atoms with Crippen molar-refractivity contribution in [2.24, 2.45) is 0 Å². The minimum Gasteiger partial charge on any atom is -0.365 e. The highest BCUT2D eigenvalue weighted by Gasteiger charge is 2.00. The van der Waals surface area contributed by atoms with Gasteiger partial charge in [-0.1, -0.05) is 60.7 Å². The van der Waals surface area contributed by atoms with E-state index in [1.165, 1.54) is 11.1 Å². The molecule has 0 amide bonds. The number of rotatable bonds is 6. The largest absolute Gasteiger partial charge is 0.365 e. The molecule has 0 atom stereocenters. The predicted molar refractivity (Wildman–Crippen MR) is 87.4 cm³/mol. The van der Waals surface area contributed by atoms with Crippen LogP contribution in [0, 0.1) is 0 Å². The Bertz CT molecular complexity index is 642. The van der Waals surface area contributed by atoms with Gasteiger partial charge in [0, 0.05) is 13.1 Å². The van der Waals surface area contributed by atoms with Crippen LogP contribution in [0.1, 0.15) is 11.1 Å². The third kappa shape index (κ3) is 4.02. The minimum absolute atomic E-state index is 0.516. The molecule has 0 saturated heterocycles. The molecular formula is C17H17N5. The smallest absolute Gasteiger partial charge is 0.244 e. The quantitative estimate of drug-likeness (QED) is 0.730. The molecule has 0 spiro atoms. The molecule has 3 rings (SSSR count). The Morgan fingerprint density at radius 1 is 0.727 bits per heavy atom. The molecule has 0 unspecified atom stereocenters. The molecule has 0 bridgehead atoms. The van der Waals surface area contributed by atoms with Gasteiger partial charge in [0.2, 0.25) is 5.95 Å². The maximum atomic E-state index is 4.41. The Morgan fingerprint density at radius 2 is 1.32 bits per heavy atom. The van der Waals surface area contributed by atoms with Crippen LogP contribution in [0.2, 0.25) is 0 Å². The zero-order chi connectivity index (χ0) is 15.0. The highest BCUT2D eigenvalue weighted by atomic mass is 15.3. The number of aromatic nitrogens is 3. The molecule has 5 heteroatoms. The number of anilines is 2. The van der Waals surface area contributed by atoms with Gasteiger partial charge in [-0.15, -0.1) is 5.10 Å². The Morgan fingerprint density at radius 3 is 1.95 bits per heavy atom. The van der Waals surface area contributed by atoms with Crippen LogP contribution in [0.25, 0.3) is 0 Å². The molecule has 5 nitrogen and oxygen atoms in total. The lowest BCUT2D eigenvalue weighted by atomic mass is 10.2. The Kier molecular flexibility index (Phi) is 4.57. The fourth-order valence-corrected chi connectivity index (χ4v) is 2.03. The standard InChI is InChI=1S/C17H17N5/c1-3-7-14(8-4-1)11-18-16-13-20-22-17(21-16)19-12-15-9-5-2-6-10-15/h1-10,13H,11-12H2,(H2,18,19,21,22). The van der Waals surface area contributed by atoms with Crippen molar-refractivity contribution in [2.75, 3.05) is 10.6 Å². The van der Waals surface area contributed by atoms with Crippen LogP contribution in [0.5, 0.6) is 0 Å². The molecular weight excluding hydrogens is 274 g/mol. The van der Waals surface area contributed by atoms with E-state index in [4.69, 9.17) is 0 Å². The average molecular weight is 291 g/mol. The van der Waals surface area contributed by atoms with Gasteiger partial charge in [-0.05, 0) is 11.1 Å². The van der Waals surface area contributed by atoms with Crippen molar-refractivity contribution in [2.45, 2.75) is 13.1 Å². The molecule has 2 aromatic carbocycles. The highest BCUT2D eigenvalue weighted by molar-refractivity contribution is 5.38. The zero-order valence-electron chi connectivity index (χ0n) is 12.1.